The van der Waals surface area contributed by atoms with Gasteiger partial charge in [0, 0.05) is 5.39 Å². The summed E-state index contributed by atoms with van der Waals surface area (Å²) in [5.41, 5.74) is 4.85. The van der Waals surface area contributed by atoms with Gasteiger partial charge in [-0.1, -0.05) is 19.1 Å². The molecule has 0 bridgehead atoms. The number of rotatable bonds is 4. The predicted molar refractivity (Wildman–Crippen MR) is 72.4 cm³/mol. The Balaban J connectivity index is 2.42. The van der Waals surface area contributed by atoms with Crippen LogP contribution in [0.2, 0.25) is 0 Å². The van der Waals surface area contributed by atoms with E-state index in [2.05, 4.69) is 45.1 Å². The first-order valence-corrected chi connectivity index (χ1v) is 6.34. The largest absolute Gasteiger partial charge is 0.459 e. The van der Waals surface area contributed by atoms with Crippen LogP contribution < -0.4 is 5.32 Å². The molecule has 0 radical (unpaired) electrons. The maximum Gasteiger partial charge on any atom is 0.137 e. The summed E-state index contributed by atoms with van der Waals surface area (Å²) in [6.07, 6.45) is 1.15. The Bertz CT molecular complexity index is 525. The Hall–Kier alpha value is -1.28. The van der Waals surface area contributed by atoms with E-state index >= 15 is 0 Å². The summed E-state index contributed by atoms with van der Waals surface area (Å²) < 4.78 is 5.99. The second-order valence-corrected chi connectivity index (χ2v) is 4.73. The van der Waals surface area contributed by atoms with Gasteiger partial charge in [-0.2, -0.15) is 0 Å². The Labute approximate surface area is 103 Å². The van der Waals surface area contributed by atoms with Crippen LogP contribution in [0, 0.1) is 20.8 Å². The number of benzene rings is 1. The molecule has 0 aliphatic carbocycles. The third-order valence-corrected chi connectivity index (χ3v) is 3.29. The lowest BCUT2D eigenvalue weighted by Crippen LogP contribution is -2.13. The van der Waals surface area contributed by atoms with Crippen LogP contribution in [0.4, 0.5) is 0 Å². The highest BCUT2D eigenvalue weighted by atomic mass is 16.3. The van der Waals surface area contributed by atoms with E-state index in [0.29, 0.717) is 0 Å². The number of fused-ring (bicyclic) bond motifs is 1. The van der Waals surface area contributed by atoms with E-state index in [-0.39, 0.29) is 0 Å². The molecule has 0 spiro atoms. The second-order valence-electron chi connectivity index (χ2n) is 4.73. The number of hydrogen-bond acceptors (Lipinski definition) is 2. The van der Waals surface area contributed by atoms with Gasteiger partial charge >= 0.3 is 0 Å². The fourth-order valence-corrected chi connectivity index (χ4v) is 2.27. The molecular weight excluding hydrogens is 210 g/mol. The molecule has 1 heterocycles. The first-order chi connectivity index (χ1) is 8.15. The molecule has 0 amide bonds. The molecule has 0 atom stereocenters. The third-order valence-electron chi connectivity index (χ3n) is 3.29. The van der Waals surface area contributed by atoms with Gasteiger partial charge < -0.3 is 9.73 Å². The maximum atomic E-state index is 5.99. The van der Waals surface area contributed by atoms with Crippen molar-refractivity contribution in [2.45, 2.75) is 40.7 Å². The molecule has 0 fully saturated rings. The summed E-state index contributed by atoms with van der Waals surface area (Å²) in [5, 5.41) is 4.69. The van der Waals surface area contributed by atoms with Gasteiger partial charge in [0.1, 0.15) is 11.3 Å². The normalized spacial score (nSPS) is 11.3. The van der Waals surface area contributed by atoms with Crippen molar-refractivity contribution in [2.24, 2.45) is 0 Å². The standard InChI is InChI=1S/C15H21NO/c1-5-8-16-9-13-12(4)14-10(2)6-7-11(3)15(14)17-13/h6-7,16H,5,8-9H2,1-4H3. The van der Waals surface area contributed by atoms with Crippen LogP contribution in [-0.2, 0) is 6.54 Å². The zero-order valence-corrected chi connectivity index (χ0v) is 11.2. The molecule has 2 aromatic rings. The zero-order chi connectivity index (χ0) is 12.4. The summed E-state index contributed by atoms with van der Waals surface area (Å²) in [6, 6.07) is 4.30. The van der Waals surface area contributed by atoms with E-state index in [1.54, 1.807) is 0 Å². The minimum atomic E-state index is 0.827. The van der Waals surface area contributed by atoms with E-state index in [4.69, 9.17) is 4.42 Å². The summed E-state index contributed by atoms with van der Waals surface area (Å²) in [5.74, 6) is 1.07. The summed E-state index contributed by atoms with van der Waals surface area (Å²) >= 11 is 0. The maximum absolute atomic E-state index is 5.99. The van der Waals surface area contributed by atoms with Gasteiger partial charge in [-0.3, -0.25) is 0 Å². The average Bonchev–Trinajstić information content (AvgIpc) is 2.64. The third kappa shape index (κ3) is 2.22. The molecule has 0 aliphatic rings. The van der Waals surface area contributed by atoms with Crippen molar-refractivity contribution in [2.75, 3.05) is 6.54 Å². The van der Waals surface area contributed by atoms with E-state index < -0.39 is 0 Å². The number of nitrogens with one attached hydrogen (secondary N) is 1. The van der Waals surface area contributed by atoms with E-state index in [1.807, 2.05) is 0 Å². The van der Waals surface area contributed by atoms with Crippen LogP contribution in [0.5, 0.6) is 0 Å². The minimum Gasteiger partial charge on any atom is -0.459 e. The average molecular weight is 231 g/mol. The number of aryl methyl sites for hydroxylation is 3. The molecule has 2 heteroatoms. The highest BCUT2D eigenvalue weighted by Crippen LogP contribution is 2.30. The van der Waals surface area contributed by atoms with Gasteiger partial charge in [0.2, 0.25) is 0 Å². The molecule has 0 saturated heterocycles. The van der Waals surface area contributed by atoms with Crippen molar-refractivity contribution in [3.8, 4) is 0 Å². The molecule has 1 N–H and O–H groups in total. The van der Waals surface area contributed by atoms with Gasteiger partial charge in [-0.25, -0.2) is 0 Å². The van der Waals surface area contributed by atoms with Crippen molar-refractivity contribution in [3.63, 3.8) is 0 Å². The lowest BCUT2D eigenvalue weighted by Gasteiger charge is -2.00. The molecule has 92 valence electrons. The Morgan fingerprint density at radius 1 is 1.12 bits per heavy atom. The molecule has 1 aromatic heterocycles. The summed E-state index contributed by atoms with van der Waals surface area (Å²) in [4.78, 5) is 0. The number of hydrogen-bond donors (Lipinski definition) is 1. The topological polar surface area (TPSA) is 25.2 Å². The quantitative estimate of drug-likeness (QED) is 0.808. The molecular formula is C15H21NO. The van der Waals surface area contributed by atoms with Gasteiger partial charge in [0.05, 0.1) is 6.54 Å². The van der Waals surface area contributed by atoms with Crippen LogP contribution in [-0.4, -0.2) is 6.54 Å². The number of furan rings is 1. The van der Waals surface area contributed by atoms with Crippen LogP contribution in [0.1, 0.15) is 35.8 Å². The molecule has 0 aliphatic heterocycles. The van der Waals surface area contributed by atoms with Gasteiger partial charge in [0.15, 0.2) is 0 Å². The molecule has 17 heavy (non-hydrogen) atoms. The van der Waals surface area contributed by atoms with Crippen LogP contribution in [0.25, 0.3) is 11.0 Å². The lowest BCUT2D eigenvalue weighted by atomic mass is 10.0. The highest BCUT2D eigenvalue weighted by Gasteiger charge is 2.13. The molecule has 0 unspecified atom stereocenters. The Kier molecular flexibility index (Phi) is 3.53. The SMILES string of the molecule is CCCNCc1oc2c(C)ccc(C)c2c1C. The van der Waals surface area contributed by atoms with Gasteiger partial charge in [0.25, 0.3) is 0 Å². The van der Waals surface area contributed by atoms with Crippen molar-refractivity contribution in [1.29, 1.82) is 0 Å². The first-order valence-electron chi connectivity index (χ1n) is 6.34. The first kappa shape index (κ1) is 12.2. The smallest absolute Gasteiger partial charge is 0.137 e. The van der Waals surface area contributed by atoms with Crippen molar-refractivity contribution >= 4 is 11.0 Å². The van der Waals surface area contributed by atoms with Crippen LogP contribution in [0.3, 0.4) is 0 Å². The zero-order valence-electron chi connectivity index (χ0n) is 11.2. The monoisotopic (exact) mass is 231 g/mol. The highest BCUT2D eigenvalue weighted by molar-refractivity contribution is 5.87. The van der Waals surface area contributed by atoms with E-state index in [9.17, 15) is 0 Å². The fraction of sp³-hybridized carbons (Fsp3) is 0.467. The van der Waals surface area contributed by atoms with Crippen molar-refractivity contribution < 1.29 is 4.42 Å². The van der Waals surface area contributed by atoms with Crippen LogP contribution >= 0.6 is 0 Å². The summed E-state index contributed by atoms with van der Waals surface area (Å²) in [7, 11) is 0. The molecule has 0 saturated carbocycles. The summed E-state index contributed by atoms with van der Waals surface area (Å²) in [6.45, 7) is 10.4. The Morgan fingerprint density at radius 3 is 2.47 bits per heavy atom. The van der Waals surface area contributed by atoms with Gasteiger partial charge in [-0.05, 0) is 50.4 Å². The van der Waals surface area contributed by atoms with Gasteiger partial charge in [-0.15, -0.1) is 0 Å². The van der Waals surface area contributed by atoms with E-state index in [0.717, 1.165) is 30.9 Å². The lowest BCUT2D eigenvalue weighted by molar-refractivity contribution is 0.509. The predicted octanol–water partition coefficient (Wildman–Crippen LogP) is 3.86. The molecule has 1 aromatic carbocycles. The molecule has 2 nitrogen and oxygen atoms in total. The minimum absolute atomic E-state index is 0.827. The van der Waals surface area contributed by atoms with Crippen molar-refractivity contribution in [3.05, 3.63) is 34.6 Å². The fourth-order valence-electron chi connectivity index (χ4n) is 2.27. The Morgan fingerprint density at radius 2 is 1.82 bits per heavy atom. The van der Waals surface area contributed by atoms with E-state index in [1.165, 1.54) is 22.1 Å². The van der Waals surface area contributed by atoms with Crippen molar-refractivity contribution in [1.82, 2.24) is 5.32 Å². The van der Waals surface area contributed by atoms with Crippen LogP contribution in [0.15, 0.2) is 16.5 Å². The second kappa shape index (κ2) is 4.92. The molecule has 2 rings (SSSR count).